The number of benzene rings is 2. The zero-order valence-corrected chi connectivity index (χ0v) is 15.4. The predicted octanol–water partition coefficient (Wildman–Crippen LogP) is 2.76. The lowest BCUT2D eigenvalue weighted by molar-refractivity contribution is -0.119. The van der Waals surface area contributed by atoms with Gasteiger partial charge in [-0.25, -0.2) is 0 Å². The molecule has 5 nitrogen and oxygen atoms in total. The molecule has 1 atom stereocenters. The van der Waals surface area contributed by atoms with E-state index in [4.69, 9.17) is 11.6 Å². The summed E-state index contributed by atoms with van der Waals surface area (Å²) < 4.78 is 0. The van der Waals surface area contributed by atoms with Gasteiger partial charge in [0.2, 0.25) is 5.91 Å². The highest BCUT2D eigenvalue weighted by Crippen LogP contribution is 2.29. The van der Waals surface area contributed by atoms with Crippen LogP contribution < -0.4 is 10.6 Å². The fourth-order valence-electron chi connectivity index (χ4n) is 3.13. The third-order valence-electron chi connectivity index (χ3n) is 4.51. The normalized spacial score (nSPS) is 17.0. The van der Waals surface area contributed by atoms with Crippen molar-refractivity contribution in [2.75, 3.05) is 19.6 Å². The molecule has 0 aromatic heterocycles. The molecular weight excluding hydrogens is 350 g/mol. The van der Waals surface area contributed by atoms with Crippen molar-refractivity contribution >= 4 is 23.4 Å². The molecule has 0 bridgehead atoms. The van der Waals surface area contributed by atoms with Crippen molar-refractivity contribution in [3.05, 3.63) is 70.2 Å². The summed E-state index contributed by atoms with van der Waals surface area (Å²) in [6.45, 7) is 4.00. The lowest BCUT2D eigenvalue weighted by Gasteiger charge is -2.37. The molecule has 2 aromatic carbocycles. The Balaban J connectivity index is 1.78. The molecule has 0 aliphatic carbocycles. The average molecular weight is 372 g/mol. The number of hydrogen-bond acceptors (Lipinski definition) is 3. The molecule has 2 N–H and O–H groups in total. The summed E-state index contributed by atoms with van der Waals surface area (Å²) in [7, 11) is 0. The number of piperazine rings is 1. The third kappa shape index (κ3) is 4.23. The van der Waals surface area contributed by atoms with Gasteiger partial charge in [0.25, 0.3) is 5.91 Å². The van der Waals surface area contributed by atoms with Crippen molar-refractivity contribution in [2.45, 2.75) is 19.5 Å². The second kappa shape index (κ2) is 8.34. The molecule has 1 unspecified atom stereocenters. The van der Waals surface area contributed by atoms with Gasteiger partial charge in [0.05, 0.1) is 6.04 Å². The molecule has 136 valence electrons. The van der Waals surface area contributed by atoms with Crippen LogP contribution in [-0.4, -0.2) is 36.3 Å². The number of rotatable bonds is 4. The van der Waals surface area contributed by atoms with Crippen LogP contribution in [0.15, 0.2) is 48.5 Å². The standard InChI is InChI=1S/C20H22ClN3O2/c1-14(25)23-12-15-6-8-16(9-7-15)20(26)24-11-10-22-13-19(24)17-4-2-3-5-18(17)21/h2-9,19,22H,10-13H2,1H3,(H,23,25). The quantitative estimate of drug-likeness (QED) is 0.868. The highest BCUT2D eigenvalue weighted by Gasteiger charge is 2.29. The number of halogens is 1. The molecule has 26 heavy (non-hydrogen) atoms. The Bertz CT molecular complexity index is 792. The Kier molecular flexibility index (Phi) is 5.91. The van der Waals surface area contributed by atoms with Gasteiger partial charge >= 0.3 is 0 Å². The van der Waals surface area contributed by atoms with E-state index < -0.39 is 0 Å². The molecule has 1 aliphatic heterocycles. The molecule has 0 spiro atoms. The fourth-order valence-corrected chi connectivity index (χ4v) is 3.39. The molecule has 3 rings (SSSR count). The Morgan fingerprint density at radius 1 is 1.19 bits per heavy atom. The summed E-state index contributed by atoms with van der Waals surface area (Å²) in [5, 5.41) is 6.76. The zero-order valence-electron chi connectivity index (χ0n) is 14.7. The average Bonchev–Trinajstić information content (AvgIpc) is 2.67. The number of amides is 2. The molecular formula is C20H22ClN3O2. The van der Waals surface area contributed by atoms with Crippen LogP contribution in [0.25, 0.3) is 0 Å². The Hall–Kier alpha value is -2.37. The molecule has 6 heteroatoms. The third-order valence-corrected chi connectivity index (χ3v) is 4.86. The van der Waals surface area contributed by atoms with Crippen LogP contribution in [0.2, 0.25) is 5.02 Å². The molecule has 1 heterocycles. The summed E-state index contributed by atoms with van der Waals surface area (Å²) in [5.74, 6) is -0.0870. The first-order valence-electron chi connectivity index (χ1n) is 8.66. The van der Waals surface area contributed by atoms with Crippen LogP contribution in [0.3, 0.4) is 0 Å². The Labute approximate surface area is 158 Å². The van der Waals surface area contributed by atoms with E-state index in [9.17, 15) is 9.59 Å². The number of nitrogens with zero attached hydrogens (tertiary/aromatic N) is 1. The summed E-state index contributed by atoms with van der Waals surface area (Å²) in [6.07, 6.45) is 0. The maximum atomic E-state index is 13.1. The maximum absolute atomic E-state index is 13.1. The maximum Gasteiger partial charge on any atom is 0.254 e. The van der Waals surface area contributed by atoms with Crippen molar-refractivity contribution in [2.24, 2.45) is 0 Å². The van der Waals surface area contributed by atoms with Gasteiger partial charge in [0.1, 0.15) is 0 Å². The van der Waals surface area contributed by atoms with E-state index in [2.05, 4.69) is 10.6 Å². The largest absolute Gasteiger partial charge is 0.352 e. The minimum absolute atomic E-state index is 0.0116. The van der Waals surface area contributed by atoms with Gasteiger partial charge in [-0.15, -0.1) is 0 Å². The van der Waals surface area contributed by atoms with Crippen LogP contribution in [0.5, 0.6) is 0 Å². The van der Waals surface area contributed by atoms with Gasteiger partial charge < -0.3 is 15.5 Å². The molecule has 0 saturated carbocycles. The van der Waals surface area contributed by atoms with Crippen LogP contribution in [-0.2, 0) is 11.3 Å². The van der Waals surface area contributed by atoms with E-state index in [-0.39, 0.29) is 17.9 Å². The lowest BCUT2D eigenvalue weighted by Crippen LogP contribution is -2.48. The van der Waals surface area contributed by atoms with Crippen molar-refractivity contribution in [3.8, 4) is 0 Å². The van der Waals surface area contributed by atoms with E-state index in [1.165, 1.54) is 6.92 Å². The van der Waals surface area contributed by atoms with Crippen molar-refractivity contribution in [1.82, 2.24) is 15.5 Å². The molecule has 2 amide bonds. The van der Waals surface area contributed by atoms with Crippen LogP contribution in [0, 0.1) is 0 Å². The topological polar surface area (TPSA) is 61.4 Å². The summed E-state index contributed by atoms with van der Waals surface area (Å²) >= 11 is 6.35. The summed E-state index contributed by atoms with van der Waals surface area (Å²) in [6, 6.07) is 14.9. The van der Waals surface area contributed by atoms with Crippen LogP contribution >= 0.6 is 11.6 Å². The fraction of sp³-hybridized carbons (Fsp3) is 0.300. The number of nitrogens with one attached hydrogen (secondary N) is 2. The summed E-state index contributed by atoms with van der Waals surface area (Å²) in [5.41, 5.74) is 2.55. The molecule has 1 aliphatic rings. The van der Waals surface area contributed by atoms with Crippen molar-refractivity contribution < 1.29 is 9.59 Å². The van der Waals surface area contributed by atoms with Gasteiger partial charge in [-0.2, -0.15) is 0 Å². The minimum Gasteiger partial charge on any atom is -0.352 e. The van der Waals surface area contributed by atoms with Gasteiger partial charge in [0.15, 0.2) is 0 Å². The zero-order chi connectivity index (χ0) is 18.5. The van der Waals surface area contributed by atoms with Crippen molar-refractivity contribution in [1.29, 1.82) is 0 Å². The number of carbonyl (C=O) groups is 2. The Morgan fingerprint density at radius 2 is 1.92 bits per heavy atom. The van der Waals surface area contributed by atoms with Gasteiger partial charge in [-0.05, 0) is 29.3 Å². The highest BCUT2D eigenvalue weighted by atomic mass is 35.5. The molecule has 1 saturated heterocycles. The molecule has 0 radical (unpaired) electrons. The van der Waals surface area contributed by atoms with Gasteiger partial charge in [0, 0.05) is 43.7 Å². The second-order valence-electron chi connectivity index (χ2n) is 6.35. The number of hydrogen-bond donors (Lipinski definition) is 2. The van der Waals surface area contributed by atoms with E-state index in [1.807, 2.05) is 53.4 Å². The first kappa shape index (κ1) is 18.4. The smallest absolute Gasteiger partial charge is 0.254 e. The number of carbonyl (C=O) groups excluding carboxylic acids is 2. The predicted molar refractivity (Wildman–Crippen MR) is 102 cm³/mol. The van der Waals surface area contributed by atoms with E-state index >= 15 is 0 Å². The SMILES string of the molecule is CC(=O)NCc1ccc(C(=O)N2CCNCC2c2ccccc2Cl)cc1. The molecule has 2 aromatic rings. The van der Waals surface area contributed by atoms with Crippen LogP contribution in [0.1, 0.15) is 34.5 Å². The first-order chi connectivity index (χ1) is 12.6. The lowest BCUT2D eigenvalue weighted by atomic mass is 10.0. The first-order valence-corrected chi connectivity index (χ1v) is 9.03. The van der Waals surface area contributed by atoms with Crippen LogP contribution in [0.4, 0.5) is 0 Å². The highest BCUT2D eigenvalue weighted by molar-refractivity contribution is 6.31. The molecule has 1 fully saturated rings. The monoisotopic (exact) mass is 371 g/mol. The summed E-state index contributed by atoms with van der Waals surface area (Å²) in [4.78, 5) is 25.9. The second-order valence-corrected chi connectivity index (χ2v) is 6.75. The van der Waals surface area contributed by atoms with Crippen molar-refractivity contribution in [3.63, 3.8) is 0 Å². The van der Waals surface area contributed by atoms with Gasteiger partial charge in [-0.1, -0.05) is 41.9 Å². The minimum atomic E-state index is -0.0935. The Morgan fingerprint density at radius 3 is 2.62 bits per heavy atom. The van der Waals surface area contributed by atoms with E-state index in [0.29, 0.717) is 30.2 Å². The van der Waals surface area contributed by atoms with E-state index in [1.54, 1.807) is 0 Å². The van der Waals surface area contributed by atoms with E-state index in [0.717, 1.165) is 17.7 Å². The van der Waals surface area contributed by atoms with Gasteiger partial charge in [-0.3, -0.25) is 9.59 Å².